The third-order valence-corrected chi connectivity index (χ3v) is 3.69. The molecule has 0 aliphatic heterocycles. The molecular weight excluding hydrogens is 258 g/mol. The van der Waals surface area contributed by atoms with Crippen LogP contribution in [0.1, 0.15) is 30.5 Å². The van der Waals surface area contributed by atoms with Gasteiger partial charge in [0, 0.05) is 37.7 Å². The molecule has 3 heteroatoms. The van der Waals surface area contributed by atoms with Crippen LogP contribution in [0.15, 0.2) is 42.7 Å². The second kappa shape index (κ2) is 7.79. The molecule has 2 aromatic rings. The number of hydrogen-bond donors (Lipinski definition) is 1. The quantitative estimate of drug-likeness (QED) is 0.842. The molecule has 0 atom stereocenters. The number of benzene rings is 1. The van der Waals surface area contributed by atoms with Gasteiger partial charge in [0.2, 0.25) is 0 Å². The maximum atomic E-state index is 4.08. The molecule has 112 valence electrons. The molecule has 1 aromatic carbocycles. The first-order chi connectivity index (χ1) is 10.2. The molecule has 0 bridgehead atoms. The molecule has 3 nitrogen and oxygen atoms in total. The van der Waals surface area contributed by atoms with Crippen molar-refractivity contribution >= 4 is 5.69 Å². The van der Waals surface area contributed by atoms with Crippen molar-refractivity contribution in [2.75, 3.05) is 18.0 Å². The average Bonchev–Trinajstić information content (AvgIpc) is 2.52. The van der Waals surface area contributed by atoms with Gasteiger partial charge in [-0.05, 0) is 55.3 Å². The molecule has 2 rings (SSSR count). The molecule has 1 N–H and O–H groups in total. The van der Waals surface area contributed by atoms with Crippen LogP contribution in [0.5, 0.6) is 0 Å². The second-order valence-corrected chi connectivity index (χ2v) is 5.27. The van der Waals surface area contributed by atoms with Crippen molar-refractivity contribution < 1.29 is 0 Å². The van der Waals surface area contributed by atoms with Crippen LogP contribution < -0.4 is 10.2 Å². The summed E-state index contributed by atoms with van der Waals surface area (Å²) in [7, 11) is 0. The lowest BCUT2D eigenvalue weighted by molar-refractivity contribution is 0.726. The predicted molar refractivity (Wildman–Crippen MR) is 89.5 cm³/mol. The Balaban J connectivity index is 2.14. The van der Waals surface area contributed by atoms with Crippen molar-refractivity contribution in [1.82, 2.24) is 10.3 Å². The molecule has 0 aliphatic rings. The van der Waals surface area contributed by atoms with E-state index in [0.29, 0.717) is 0 Å². The van der Waals surface area contributed by atoms with Gasteiger partial charge in [-0.2, -0.15) is 0 Å². The van der Waals surface area contributed by atoms with Gasteiger partial charge in [-0.3, -0.25) is 4.98 Å². The largest absolute Gasteiger partial charge is 0.367 e. The summed E-state index contributed by atoms with van der Waals surface area (Å²) in [6.45, 7) is 10.4. The number of rotatable bonds is 7. The predicted octanol–water partition coefficient (Wildman–Crippen LogP) is 3.53. The van der Waals surface area contributed by atoms with Gasteiger partial charge in [0.15, 0.2) is 0 Å². The van der Waals surface area contributed by atoms with Crippen molar-refractivity contribution in [2.24, 2.45) is 0 Å². The van der Waals surface area contributed by atoms with Crippen LogP contribution in [-0.4, -0.2) is 18.1 Å². The van der Waals surface area contributed by atoms with Gasteiger partial charge >= 0.3 is 0 Å². The maximum absolute atomic E-state index is 4.08. The molecule has 0 saturated heterocycles. The Morgan fingerprint density at radius 3 is 2.43 bits per heavy atom. The Kier molecular flexibility index (Phi) is 5.76. The van der Waals surface area contributed by atoms with E-state index in [9.17, 15) is 0 Å². The molecule has 0 amide bonds. The van der Waals surface area contributed by atoms with Gasteiger partial charge < -0.3 is 10.2 Å². The van der Waals surface area contributed by atoms with Crippen LogP contribution >= 0.6 is 0 Å². The van der Waals surface area contributed by atoms with Gasteiger partial charge in [0.25, 0.3) is 0 Å². The Labute approximate surface area is 128 Å². The van der Waals surface area contributed by atoms with Gasteiger partial charge in [0.1, 0.15) is 0 Å². The van der Waals surface area contributed by atoms with E-state index in [4.69, 9.17) is 0 Å². The van der Waals surface area contributed by atoms with Crippen LogP contribution in [0.3, 0.4) is 0 Å². The van der Waals surface area contributed by atoms with Gasteiger partial charge in [0.05, 0.1) is 0 Å². The summed E-state index contributed by atoms with van der Waals surface area (Å²) in [6.07, 6.45) is 3.71. The second-order valence-electron chi connectivity index (χ2n) is 5.27. The van der Waals surface area contributed by atoms with Crippen LogP contribution in [0.2, 0.25) is 0 Å². The van der Waals surface area contributed by atoms with Crippen LogP contribution in [0.25, 0.3) is 0 Å². The zero-order chi connectivity index (χ0) is 15.1. The van der Waals surface area contributed by atoms with E-state index >= 15 is 0 Å². The highest BCUT2D eigenvalue weighted by Crippen LogP contribution is 2.23. The molecule has 0 unspecified atom stereocenters. The first-order valence-electron chi connectivity index (χ1n) is 7.68. The van der Waals surface area contributed by atoms with Gasteiger partial charge in [-0.1, -0.05) is 19.1 Å². The summed E-state index contributed by atoms with van der Waals surface area (Å²) < 4.78 is 0. The van der Waals surface area contributed by atoms with Crippen molar-refractivity contribution in [3.8, 4) is 0 Å². The SMILES string of the molecule is CCNCc1ccc(N(CC)Cc2ccncc2)c(C)c1. The zero-order valence-corrected chi connectivity index (χ0v) is 13.3. The molecular formula is C18H25N3. The van der Waals surface area contributed by atoms with Crippen molar-refractivity contribution in [3.63, 3.8) is 0 Å². The maximum Gasteiger partial charge on any atom is 0.0430 e. The Hall–Kier alpha value is -1.87. The zero-order valence-electron chi connectivity index (χ0n) is 13.3. The summed E-state index contributed by atoms with van der Waals surface area (Å²) in [5, 5.41) is 3.37. The summed E-state index contributed by atoms with van der Waals surface area (Å²) in [4.78, 5) is 6.49. The summed E-state index contributed by atoms with van der Waals surface area (Å²) >= 11 is 0. The first-order valence-corrected chi connectivity index (χ1v) is 7.68. The number of anilines is 1. The number of pyridine rings is 1. The highest BCUT2D eigenvalue weighted by atomic mass is 15.1. The highest BCUT2D eigenvalue weighted by molar-refractivity contribution is 5.54. The fourth-order valence-electron chi connectivity index (χ4n) is 2.53. The number of aromatic nitrogens is 1. The Bertz CT molecular complexity index is 552. The summed E-state index contributed by atoms with van der Waals surface area (Å²) in [5.41, 5.74) is 5.29. The molecule has 0 aliphatic carbocycles. The molecule has 0 radical (unpaired) electrons. The average molecular weight is 283 g/mol. The number of nitrogens with one attached hydrogen (secondary N) is 1. The minimum atomic E-state index is 0.923. The minimum absolute atomic E-state index is 0.923. The molecule has 21 heavy (non-hydrogen) atoms. The lowest BCUT2D eigenvalue weighted by Gasteiger charge is -2.25. The molecule has 1 heterocycles. The first kappa shape index (κ1) is 15.5. The summed E-state index contributed by atoms with van der Waals surface area (Å²) in [5.74, 6) is 0. The van der Waals surface area contributed by atoms with E-state index in [1.807, 2.05) is 12.4 Å². The van der Waals surface area contributed by atoms with E-state index in [1.165, 1.54) is 22.4 Å². The van der Waals surface area contributed by atoms with Crippen LogP contribution in [0, 0.1) is 6.92 Å². The molecule has 0 fully saturated rings. The monoisotopic (exact) mass is 283 g/mol. The Morgan fingerprint density at radius 2 is 1.81 bits per heavy atom. The number of aryl methyl sites for hydroxylation is 1. The van der Waals surface area contributed by atoms with Crippen molar-refractivity contribution in [3.05, 3.63) is 59.4 Å². The Morgan fingerprint density at radius 1 is 1.05 bits per heavy atom. The summed E-state index contributed by atoms with van der Waals surface area (Å²) in [6, 6.07) is 10.9. The minimum Gasteiger partial charge on any atom is -0.367 e. The van der Waals surface area contributed by atoms with E-state index in [1.54, 1.807) is 0 Å². The fourth-order valence-corrected chi connectivity index (χ4v) is 2.53. The van der Waals surface area contributed by atoms with Crippen LogP contribution in [0.4, 0.5) is 5.69 Å². The van der Waals surface area contributed by atoms with E-state index in [-0.39, 0.29) is 0 Å². The lowest BCUT2D eigenvalue weighted by atomic mass is 10.1. The smallest absolute Gasteiger partial charge is 0.0430 e. The van der Waals surface area contributed by atoms with Crippen molar-refractivity contribution in [2.45, 2.75) is 33.9 Å². The van der Waals surface area contributed by atoms with Gasteiger partial charge in [-0.15, -0.1) is 0 Å². The van der Waals surface area contributed by atoms with Crippen molar-refractivity contribution in [1.29, 1.82) is 0 Å². The van der Waals surface area contributed by atoms with E-state index < -0.39 is 0 Å². The van der Waals surface area contributed by atoms with Crippen LogP contribution in [-0.2, 0) is 13.1 Å². The topological polar surface area (TPSA) is 28.2 Å². The fraction of sp³-hybridized carbons (Fsp3) is 0.389. The standard InChI is InChI=1S/C18H25N3/c1-4-19-13-17-6-7-18(15(3)12-17)21(5-2)14-16-8-10-20-11-9-16/h6-12,19H,4-5,13-14H2,1-3H3. The molecule has 0 saturated carbocycles. The number of nitrogens with zero attached hydrogens (tertiary/aromatic N) is 2. The van der Waals surface area contributed by atoms with Gasteiger partial charge in [-0.25, -0.2) is 0 Å². The molecule has 1 aromatic heterocycles. The normalized spacial score (nSPS) is 10.6. The third kappa shape index (κ3) is 4.30. The molecule has 0 spiro atoms. The lowest BCUT2D eigenvalue weighted by Crippen LogP contribution is -2.23. The van der Waals surface area contributed by atoms with E-state index in [2.05, 4.69) is 66.3 Å². The highest BCUT2D eigenvalue weighted by Gasteiger charge is 2.08. The third-order valence-electron chi connectivity index (χ3n) is 3.69. The van der Waals surface area contributed by atoms with E-state index in [0.717, 1.165) is 26.2 Å². The number of hydrogen-bond acceptors (Lipinski definition) is 3.